The molecule has 1 spiro atoms. The lowest BCUT2D eigenvalue weighted by Gasteiger charge is -2.57. The predicted molar refractivity (Wildman–Crippen MR) is 86.3 cm³/mol. The third-order valence-electron chi connectivity index (χ3n) is 5.32. The number of rotatable bonds is 3. The predicted octanol–water partition coefficient (Wildman–Crippen LogP) is 4.45. The van der Waals surface area contributed by atoms with Crippen LogP contribution in [0, 0.1) is 12.3 Å². The summed E-state index contributed by atoms with van der Waals surface area (Å²) in [5.74, 6) is 1.05. The van der Waals surface area contributed by atoms with E-state index >= 15 is 0 Å². The largest absolute Gasteiger partial charge is 0.489 e. The summed E-state index contributed by atoms with van der Waals surface area (Å²) < 4.78 is 7.52. The minimum absolute atomic E-state index is 0.381. The van der Waals surface area contributed by atoms with Gasteiger partial charge in [0, 0.05) is 22.4 Å². The average Bonchev–Trinajstić information content (AvgIpc) is 2.45. The monoisotopic (exact) mass is 337 g/mol. The molecule has 2 aliphatic rings. The first-order valence-corrected chi connectivity index (χ1v) is 8.55. The lowest BCUT2D eigenvalue weighted by atomic mass is 9.55. The van der Waals surface area contributed by atoms with Gasteiger partial charge >= 0.3 is 0 Å². The van der Waals surface area contributed by atoms with Crippen LogP contribution < -0.4 is 10.1 Å². The van der Waals surface area contributed by atoms with Crippen molar-refractivity contribution in [2.75, 3.05) is 7.05 Å². The minimum atomic E-state index is 0.381. The maximum atomic E-state index is 6.40. The zero-order chi connectivity index (χ0) is 14.2. The molecule has 1 N–H and O–H groups in total. The lowest BCUT2D eigenvalue weighted by Crippen LogP contribution is -2.64. The first kappa shape index (κ1) is 14.4. The Morgan fingerprint density at radius 1 is 1.25 bits per heavy atom. The van der Waals surface area contributed by atoms with E-state index in [1.807, 2.05) is 0 Å². The second-order valence-electron chi connectivity index (χ2n) is 6.39. The third kappa shape index (κ3) is 2.39. The van der Waals surface area contributed by atoms with Crippen LogP contribution in [0.3, 0.4) is 0 Å². The van der Waals surface area contributed by atoms with E-state index in [-0.39, 0.29) is 0 Å². The van der Waals surface area contributed by atoms with Gasteiger partial charge in [0.05, 0.1) is 0 Å². The molecule has 0 radical (unpaired) electrons. The summed E-state index contributed by atoms with van der Waals surface area (Å²) in [5.41, 5.74) is 1.60. The van der Waals surface area contributed by atoms with Crippen molar-refractivity contribution in [3.05, 3.63) is 28.2 Å². The fourth-order valence-corrected chi connectivity index (χ4v) is 4.57. The van der Waals surface area contributed by atoms with E-state index in [0.717, 1.165) is 16.6 Å². The number of halogens is 1. The Balaban J connectivity index is 1.77. The van der Waals surface area contributed by atoms with Gasteiger partial charge in [-0.3, -0.25) is 0 Å². The Labute approximate surface area is 130 Å². The van der Waals surface area contributed by atoms with Crippen molar-refractivity contribution in [1.29, 1.82) is 0 Å². The van der Waals surface area contributed by atoms with E-state index in [1.54, 1.807) is 0 Å². The second-order valence-corrected chi connectivity index (χ2v) is 7.30. The summed E-state index contributed by atoms with van der Waals surface area (Å²) in [6.45, 7) is 2.13. The summed E-state index contributed by atoms with van der Waals surface area (Å²) in [5, 5.41) is 3.51. The van der Waals surface area contributed by atoms with Gasteiger partial charge in [0.25, 0.3) is 0 Å². The highest BCUT2D eigenvalue weighted by Gasteiger charge is 2.55. The van der Waals surface area contributed by atoms with Crippen LogP contribution in [0.1, 0.15) is 44.1 Å². The first-order chi connectivity index (χ1) is 9.65. The van der Waals surface area contributed by atoms with Crippen molar-refractivity contribution in [3.63, 3.8) is 0 Å². The maximum absolute atomic E-state index is 6.40. The van der Waals surface area contributed by atoms with Gasteiger partial charge in [-0.05, 0) is 50.6 Å². The summed E-state index contributed by atoms with van der Waals surface area (Å²) in [7, 11) is 2.10. The normalized spacial score (nSPS) is 28.1. The lowest BCUT2D eigenvalue weighted by molar-refractivity contribution is -0.101. The van der Waals surface area contributed by atoms with Crippen molar-refractivity contribution in [3.8, 4) is 5.75 Å². The summed E-state index contributed by atoms with van der Waals surface area (Å²) in [6, 6.07) is 6.95. The van der Waals surface area contributed by atoms with Gasteiger partial charge in [0.15, 0.2) is 0 Å². The van der Waals surface area contributed by atoms with Gasteiger partial charge in [-0.15, -0.1) is 0 Å². The maximum Gasteiger partial charge on any atom is 0.122 e. The molecule has 2 saturated carbocycles. The Morgan fingerprint density at radius 2 is 2.00 bits per heavy atom. The van der Waals surface area contributed by atoms with E-state index in [2.05, 4.69) is 53.4 Å². The number of benzene rings is 1. The van der Waals surface area contributed by atoms with Gasteiger partial charge in [-0.2, -0.15) is 0 Å². The van der Waals surface area contributed by atoms with Crippen LogP contribution in [0.4, 0.5) is 0 Å². The molecule has 0 amide bonds. The minimum Gasteiger partial charge on any atom is -0.489 e. The third-order valence-corrected chi connectivity index (χ3v) is 5.82. The molecule has 0 bridgehead atoms. The molecular formula is C17H24BrNO. The number of hydrogen-bond acceptors (Lipinski definition) is 2. The fraction of sp³-hybridized carbons (Fsp3) is 0.647. The van der Waals surface area contributed by atoms with Crippen LogP contribution in [0.2, 0.25) is 0 Å². The van der Waals surface area contributed by atoms with Crippen LogP contribution in [0.5, 0.6) is 5.75 Å². The van der Waals surface area contributed by atoms with Gasteiger partial charge in [0.1, 0.15) is 11.9 Å². The molecule has 2 nitrogen and oxygen atoms in total. The Kier molecular flexibility index (Phi) is 4.09. The molecule has 0 saturated heterocycles. The number of hydrogen-bond donors (Lipinski definition) is 1. The number of ether oxygens (including phenoxy) is 1. The SMILES string of the molecule is CNC1CC(Oc2ccc(Br)cc2C)C12CCCCC2. The molecular weight excluding hydrogens is 314 g/mol. The molecule has 1 aromatic carbocycles. The molecule has 3 rings (SSSR count). The van der Waals surface area contributed by atoms with Gasteiger partial charge in [-0.25, -0.2) is 0 Å². The summed E-state index contributed by atoms with van der Waals surface area (Å²) in [6.07, 6.45) is 8.28. The molecule has 3 heteroatoms. The Morgan fingerprint density at radius 3 is 2.65 bits per heavy atom. The highest BCUT2D eigenvalue weighted by atomic mass is 79.9. The molecule has 2 fully saturated rings. The Hall–Kier alpha value is -0.540. The van der Waals surface area contributed by atoms with Crippen molar-refractivity contribution >= 4 is 15.9 Å². The molecule has 2 unspecified atom stereocenters. The van der Waals surface area contributed by atoms with Crippen LogP contribution in [0.15, 0.2) is 22.7 Å². The standard InChI is InChI=1S/C17H24BrNO/c1-12-10-13(18)6-7-14(12)20-16-11-15(19-2)17(16)8-4-3-5-9-17/h6-7,10,15-16,19H,3-5,8-9,11H2,1-2H3. The van der Waals surface area contributed by atoms with E-state index in [0.29, 0.717) is 17.6 Å². The van der Waals surface area contributed by atoms with E-state index < -0.39 is 0 Å². The zero-order valence-electron chi connectivity index (χ0n) is 12.4. The molecule has 2 aliphatic carbocycles. The van der Waals surface area contributed by atoms with Gasteiger partial charge < -0.3 is 10.1 Å². The topological polar surface area (TPSA) is 21.3 Å². The van der Waals surface area contributed by atoms with Crippen LogP contribution in [-0.2, 0) is 0 Å². The van der Waals surface area contributed by atoms with Crippen LogP contribution >= 0.6 is 15.9 Å². The second kappa shape index (κ2) is 5.69. The molecule has 110 valence electrons. The molecule has 20 heavy (non-hydrogen) atoms. The average molecular weight is 338 g/mol. The highest BCUT2D eigenvalue weighted by Crippen LogP contribution is 2.53. The number of aryl methyl sites for hydroxylation is 1. The summed E-state index contributed by atoms with van der Waals surface area (Å²) in [4.78, 5) is 0. The quantitative estimate of drug-likeness (QED) is 0.879. The summed E-state index contributed by atoms with van der Waals surface area (Å²) >= 11 is 3.52. The van der Waals surface area contributed by atoms with E-state index in [4.69, 9.17) is 4.74 Å². The van der Waals surface area contributed by atoms with Crippen molar-refractivity contribution in [1.82, 2.24) is 5.32 Å². The van der Waals surface area contributed by atoms with E-state index in [9.17, 15) is 0 Å². The molecule has 0 aliphatic heterocycles. The Bertz CT molecular complexity index is 482. The number of nitrogens with one attached hydrogen (secondary N) is 1. The molecule has 0 aromatic heterocycles. The van der Waals surface area contributed by atoms with Gasteiger partial charge in [0.2, 0.25) is 0 Å². The molecule has 0 heterocycles. The first-order valence-electron chi connectivity index (χ1n) is 7.76. The van der Waals surface area contributed by atoms with Crippen LogP contribution in [0.25, 0.3) is 0 Å². The highest BCUT2D eigenvalue weighted by molar-refractivity contribution is 9.10. The molecule has 2 atom stereocenters. The van der Waals surface area contributed by atoms with E-state index in [1.165, 1.54) is 37.7 Å². The van der Waals surface area contributed by atoms with Crippen molar-refractivity contribution in [2.45, 2.75) is 57.6 Å². The molecule has 1 aromatic rings. The van der Waals surface area contributed by atoms with Gasteiger partial charge in [-0.1, -0.05) is 35.2 Å². The zero-order valence-corrected chi connectivity index (χ0v) is 14.0. The van der Waals surface area contributed by atoms with Crippen molar-refractivity contribution in [2.24, 2.45) is 5.41 Å². The van der Waals surface area contributed by atoms with Crippen molar-refractivity contribution < 1.29 is 4.74 Å². The smallest absolute Gasteiger partial charge is 0.122 e. The van der Waals surface area contributed by atoms with Crippen LogP contribution in [-0.4, -0.2) is 19.2 Å². The fourth-order valence-electron chi connectivity index (χ4n) is 4.10.